The summed E-state index contributed by atoms with van der Waals surface area (Å²) in [6.45, 7) is 8.28. The maximum atomic E-state index is 6.26. The second-order valence-corrected chi connectivity index (χ2v) is 6.93. The molecular weight excluding hydrogens is 242 g/mol. The van der Waals surface area contributed by atoms with E-state index >= 15 is 0 Å². The van der Waals surface area contributed by atoms with Gasteiger partial charge in [-0.1, -0.05) is 20.8 Å². The van der Waals surface area contributed by atoms with Crippen molar-refractivity contribution in [1.29, 1.82) is 0 Å². The fourth-order valence-electron chi connectivity index (χ4n) is 3.86. The maximum absolute atomic E-state index is 6.26. The van der Waals surface area contributed by atoms with Gasteiger partial charge in [-0.15, -0.1) is 0 Å². The quantitative estimate of drug-likeness (QED) is 0.823. The van der Waals surface area contributed by atoms with Gasteiger partial charge in [-0.25, -0.2) is 4.98 Å². The summed E-state index contributed by atoms with van der Waals surface area (Å²) < 4.78 is 14.1. The molecule has 106 valence electrons. The van der Waals surface area contributed by atoms with Gasteiger partial charge in [0, 0.05) is 12.8 Å². The maximum Gasteiger partial charge on any atom is 0.169 e. The molecule has 2 heterocycles. The summed E-state index contributed by atoms with van der Waals surface area (Å²) in [5.74, 6) is 0.278. The molecule has 0 radical (unpaired) electrons. The standard InChI is InChI=1S/C14H23N3O2/c1-11-4-13(2,3)8-14(5-11)18-7-12(19-14)6-17-10-15-9-16-17/h9-12H,4-8H2,1-3H3/t11-,12-,14+/m1/s1. The second kappa shape index (κ2) is 4.56. The Balaban J connectivity index is 1.67. The van der Waals surface area contributed by atoms with Crippen LogP contribution in [0.25, 0.3) is 0 Å². The molecule has 1 aromatic heterocycles. The number of ether oxygens (including phenoxy) is 2. The van der Waals surface area contributed by atoms with Crippen molar-refractivity contribution in [2.24, 2.45) is 11.3 Å². The van der Waals surface area contributed by atoms with Crippen LogP contribution in [0.15, 0.2) is 12.7 Å². The van der Waals surface area contributed by atoms with E-state index in [9.17, 15) is 0 Å². The molecule has 2 fully saturated rings. The van der Waals surface area contributed by atoms with Crippen LogP contribution >= 0.6 is 0 Å². The molecule has 1 aromatic rings. The molecule has 5 heteroatoms. The summed E-state index contributed by atoms with van der Waals surface area (Å²) in [5.41, 5.74) is 0.291. The van der Waals surface area contributed by atoms with Gasteiger partial charge < -0.3 is 9.47 Å². The van der Waals surface area contributed by atoms with Crippen molar-refractivity contribution in [1.82, 2.24) is 14.8 Å². The highest BCUT2D eigenvalue weighted by atomic mass is 16.7. The molecule has 0 unspecified atom stereocenters. The molecular formula is C14H23N3O2. The van der Waals surface area contributed by atoms with Gasteiger partial charge in [-0.2, -0.15) is 5.10 Å². The van der Waals surface area contributed by atoms with E-state index in [0.29, 0.717) is 17.9 Å². The third kappa shape index (κ3) is 2.82. The average molecular weight is 265 g/mol. The van der Waals surface area contributed by atoms with Gasteiger partial charge in [0.25, 0.3) is 0 Å². The summed E-state index contributed by atoms with van der Waals surface area (Å²) in [4.78, 5) is 3.96. The Morgan fingerprint density at radius 1 is 1.37 bits per heavy atom. The van der Waals surface area contributed by atoms with E-state index in [1.165, 1.54) is 6.42 Å². The first-order valence-electron chi connectivity index (χ1n) is 7.11. The first kappa shape index (κ1) is 13.1. The molecule has 0 aromatic carbocycles. The van der Waals surface area contributed by atoms with Gasteiger partial charge in [0.05, 0.1) is 13.2 Å². The highest BCUT2D eigenvalue weighted by molar-refractivity contribution is 4.92. The van der Waals surface area contributed by atoms with Crippen LogP contribution < -0.4 is 0 Å². The SMILES string of the molecule is C[C@@H]1CC(C)(C)C[C@@]2(C1)OC[C@@H](Cn1cncn1)O2. The van der Waals surface area contributed by atoms with E-state index in [1.807, 2.05) is 4.68 Å². The monoisotopic (exact) mass is 265 g/mol. The van der Waals surface area contributed by atoms with E-state index in [4.69, 9.17) is 9.47 Å². The van der Waals surface area contributed by atoms with Gasteiger partial charge in [0.15, 0.2) is 5.79 Å². The van der Waals surface area contributed by atoms with Gasteiger partial charge in [-0.05, 0) is 17.8 Å². The van der Waals surface area contributed by atoms with Crippen LogP contribution in [-0.4, -0.2) is 33.3 Å². The van der Waals surface area contributed by atoms with Crippen LogP contribution in [0.5, 0.6) is 0 Å². The number of hydrogen-bond acceptors (Lipinski definition) is 4. The smallest absolute Gasteiger partial charge is 0.169 e. The van der Waals surface area contributed by atoms with E-state index in [2.05, 4.69) is 30.9 Å². The summed E-state index contributed by atoms with van der Waals surface area (Å²) in [6, 6.07) is 0. The molecule has 0 N–H and O–H groups in total. The average Bonchev–Trinajstić information content (AvgIpc) is 2.87. The minimum atomic E-state index is -0.369. The predicted octanol–water partition coefficient (Wildman–Crippen LogP) is 2.24. The van der Waals surface area contributed by atoms with Crippen LogP contribution in [0.1, 0.15) is 40.0 Å². The van der Waals surface area contributed by atoms with Crippen LogP contribution in [0.2, 0.25) is 0 Å². The molecule has 19 heavy (non-hydrogen) atoms. The molecule has 1 aliphatic carbocycles. The first-order valence-corrected chi connectivity index (χ1v) is 7.11. The molecule has 5 nitrogen and oxygen atoms in total. The first-order chi connectivity index (χ1) is 8.96. The summed E-state index contributed by atoms with van der Waals surface area (Å²) >= 11 is 0. The normalized spacial score (nSPS) is 37.8. The van der Waals surface area contributed by atoms with E-state index in [0.717, 1.165) is 19.4 Å². The minimum absolute atomic E-state index is 0.0859. The predicted molar refractivity (Wildman–Crippen MR) is 70.4 cm³/mol. The van der Waals surface area contributed by atoms with Crippen molar-refractivity contribution in [3.8, 4) is 0 Å². The molecule has 0 bridgehead atoms. The fraction of sp³-hybridized carbons (Fsp3) is 0.857. The third-order valence-corrected chi connectivity index (χ3v) is 4.08. The van der Waals surface area contributed by atoms with Crippen molar-refractivity contribution in [3.63, 3.8) is 0 Å². The van der Waals surface area contributed by atoms with Gasteiger partial charge in [0.2, 0.25) is 0 Å². The molecule has 2 aliphatic rings. The Labute approximate surface area is 114 Å². The molecule has 3 atom stereocenters. The van der Waals surface area contributed by atoms with Crippen molar-refractivity contribution in [2.75, 3.05) is 6.61 Å². The third-order valence-electron chi connectivity index (χ3n) is 4.08. The Kier molecular flexibility index (Phi) is 3.14. The molecule has 1 saturated heterocycles. The Morgan fingerprint density at radius 2 is 2.21 bits per heavy atom. The van der Waals surface area contributed by atoms with Crippen LogP contribution in [0, 0.1) is 11.3 Å². The molecule has 1 spiro atoms. The lowest BCUT2D eigenvalue weighted by Gasteiger charge is -2.44. The van der Waals surface area contributed by atoms with Crippen LogP contribution in [0.4, 0.5) is 0 Å². The van der Waals surface area contributed by atoms with Crippen LogP contribution in [-0.2, 0) is 16.0 Å². The molecule has 1 aliphatic heterocycles. The second-order valence-electron chi connectivity index (χ2n) is 6.93. The Bertz CT molecular complexity index is 432. The summed E-state index contributed by atoms with van der Waals surface area (Å²) in [6.07, 6.45) is 6.60. The lowest BCUT2D eigenvalue weighted by molar-refractivity contribution is -0.217. The topological polar surface area (TPSA) is 49.2 Å². The summed E-state index contributed by atoms with van der Waals surface area (Å²) in [7, 11) is 0. The lowest BCUT2D eigenvalue weighted by Crippen LogP contribution is -2.43. The van der Waals surface area contributed by atoms with Crippen LogP contribution in [0.3, 0.4) is 0 Å². The Morgan fingerprint density at radius 3 is 2.89 bits per heavy atom. The Hall–Kier alpha value is -0.940. The lowest BCUT2D eigenvalue weighted by atomic mass is 9.70. The summed E-state index contributed by atoms with van der Waals surface area (Å²) in [5, 5.41) is 4.13. The molecule has 0 amide bonds. The van der Waals surface area contributed by atoms with E-state index in [1.54, 1.807) is 12.7 Å². The van der Waals surface area contributed by atoms with Gasteiger partial charge in [-0.3, -0.25) is 4.68 Å². The fourth-order valence-corrected chi connectivity index (χ4v) is 3.86. The number of rotatable bonds is 2. The minimum Gasteiger partial charge on any atom is -0.347 e. The van der Waals surface area contributed by atoms with Gasteiger partial charge in [0.1, 0.15) is 18.8 Å². The van der Waals surface area contributed by atoms with E-state index < -0.39 is 0 Å². The van der Waals surface area contributed by atoms with E-state index in [-0.39, 0.29) is 11.9 Å². The number of hydrogen-bond donors (Lipinski definition) is 0. The molecule has 3 rings (SSSR count). The van der Waals surface area contributed by atoms with Crippen molar-refractivity contribution < 1.29 is 9.47 Å². The zero-order valence-electron chi connectivity index (χ0n) is 12.0. The highest BCUT2D eigenvalue weighted by Gasteiger charge is 2.49. The highest BCUT2D eigenvalue weighted by Crippen LogP contribution is 2.48. The van der Waals surface area contributed by atoms with Gasteiger partial charge >= 0.3 is 0 Å². The number of aromatic nitrogens is 3. The number of nitrogens with zero attached hydrogens (tertiary/aromatic N) is 3. The van der Waals surface area contributed by atoms with Crippen molar-refractivity contribution >= 4 is 0 Å². The van der Waals surface area contributed by atoms with Crippen molar-refractivity contribution in [2.45, 2.75) is 58.5 Å². The largest absolute Gasteiger partial charge is 0.347 e. The zero-order valence-corrected chi connectivity index (χ0v) is 12.0. The molecule has 1 saturated carbocycles. The van der Waals surface area contributed by atoms with Crippen molar-refractivity contribution in [3.05, 3.63) is 12.7 Å². The zero-order chi connectivity index (χ0) is 13.5.